The molecule has 1 aromatic heterocycles. The van der Waals surface area contributed by atoms with E-state index in [1.807, 2.05) is 0 Å². The number of aromatic nitrogens is 2. The van der Waals surface area contributed by atoms with Crippen LogP contribution < -0.4 is 14.8 Å². The highest BCUT2D eigenvalue weighted by Gasteiger charge is 2.32. The summed E-state index contributed by atoms with van der Waals surface area (Å²) in [5, 5.41) is 1.04. The van der Waals surface area contributed by atoms with E-state index >= 15 is 0 Å². The Kier molecular flexibility index (Phi) is 3.95. The van der Waals surface area contributed by atoms with Crippen LogP contribution >= 0.6 is 0 Å². The second kappa shape index (κ2) is 5.92. The van der Waals surface area contributed by atoms with E-state index in [9.17, 15) is 13.2 Å². The molecule has 9 heteroatoms. The van der Waals surface area contributed by atoms with Crippen LogP contribution in [0.1, 0.15) is 6.92 Å². The Morgan fingerprint density at radius 2 is 2.04 bits per heavy atom. The van der Waals surface area contributed by atoms with Gasteiger partial charge in [0, 0.05) is 24.1 Å². The van der Waals surface area contributed by atoms with Crippen molar-refractivity contribution in [3.05, 3.63) is 30.6 Å². The number of rotatable bonds is 4. The Bertz CT molecular complexity index is 817. The van der Waals surface area contributed by atoms with Crippen molar-refractivity contribution in [2.75, 3.05) is 18.5 Å². The summed E-state index contributed by atoms with van der Waals surface area (Å²) in [4.78, 5) is 18.4. The van der Waals surface area contributed by atoms with Crippen molar-refractivity contribution in [2.24, 2.45) is 0 Å². The fraction of sp³-hybridized carbons (Fsp3) is 0.286. The quantitative estimate of drug-likeness (QED) is 0.860. The minimum absolute atomic E-state index is 0.234. The van der Waals surface area contributed by atoms with Gasteiger partial charge in [-0.15, -0.1) is 0 Å². The number of anilines is 1. The number of carbonyl (C=O) groups is 1. The number of amides is 1. The average molecular weight is 337 g/mol. The maximum Gasteiger partial charge on any atom is 0.242 e. The van der Waals surface area contributed by atoms with E-state index in [1.54, 1.807) is 18.2 Å². The van der Waals surface area contributed by atoms with Crippen LogP contribution in [0.15, 0.2) is 35.7 Å². The summed E-state index contributed by atoms with van der Waals surface area (Å²) in [6.07, 6.45) is 2.71. The van der Waals surface area contributed by atoms with Crippen LogP contribution in [-0.4, -0.2) is 42.8 Å². The van der Waals surface area contributed by atoms with Crippen LogP contribution in [0.25, 0.3) is 0 Å². The second-order valence-corrected chi connectivity index (χ2v) is 7.11. The molecule has 1 atom stereocenters. The van der Waals surface area contributed by atoms with Gasteiger partial charge in [0.05, 0.1) is 0 Å². The number of aromatic amines is 1. The van der Waals surface area contributed by atoms with Gasteiger partial charge in [-0.1, -0.05) is 0 Å². The second-order valence-electron chi connectivity index (χ2n) is 4.93. The third-order valence-corrected chi connectivity index (χ3v) is 5.29. The summed E-state index contributed by atoms with van der Waals surface area (Å²) in [7, 11) is -3.87. The third-order valence-electron chi connectivity index (χ3n) is 3.39. The molecule has 0 spiro atoms. The van der Waals surface area contributed by atoms with Crippen LogP contribution in [0.4, 0.5) is 5.69 Å². The van der Waals surface area contributed by atoms with Gasteiger partial charge in [0.25, 0.3) is 0 Å². The minimum Gasteiger partial charge on any atom is -0.486 e. The first kappa shape index (κ1) is 15.3. The van der Waals surface area contributed by atoms with E-state index in [-0.39, 0.29) is 5.16 Å². The molecule has 1 aromatic carbocycles. The lowest BCUT2D eigenvalue weighted by Gasteiger charge is -2.19. The van der Waals surface area contributed by atoms with Crippen molar-refractivity contribution in [2.45, 2.75) is 17.3 Å². The highest BCUT2D eigenvalue weighted by molar-refractivity contribution is 7.92. The highest BCUT2D eigenvalue weighted by atomic mass is 32.2. The molecule has 0 radical (unpaired) electrons. The van der Waals surface area contributed by atoms with Gasteiger partial charge in [0.1, 0.15) is 18.5 Å². The van der Waals surface area contributed by atoms with Crippen LogP contribution in [0, 0.1) is 0 Å². The number of carbonyl (C=O) groups excluding carboxylic acids is 1. The van der Waals surface area contributed by atoms with Crippen molar-refractivity contribution in [1.29, 1.82) is 0 Å². The normalized spacial score (nSPS) is 15.0. The standard InChI is InChI=1S/C14H15N3O5S/c1-9(23(19,20)14-15-4-5-16-14)13(18)17-10-2-3-11-12(8-10)22-7-6-21-11/h2-5,8-9H,6-7H2,1H3,(H,15,16)(H,17,18)/t9-/m1/s1. The number of hydrogen-bond donors (Lipinski definition) is 2. The Morgan fingerprint density at radius 1 is 1.30 bits per heavy atom. The Balaban J connectivity index is 1.76. The number of nitrogens with one attached hydrogen (secondary N) is 2. The molecule has 2 aromatic rings. The van der Waals surface area contributed by atoms with Gasteiger partial charge in [0.2, 0.25) is 20.9 Å². The molecule has 1 amide bonds. The minimum atomic E-state index is -3.87. The monoisotopic (exact) mass is 337 g/mol. The molecule has 0 unspecified atom stereocenters. The number of imidazole rings is 1. The van der Waals surface area contributed by atoms with E-state index < -0.39 is 21.0 Å². The van der Waals surface area contributed by atoms with Gasteiger partial charge in [-0.2, -0.15) is 0 Å². The molecule has 2 heterocycles. The Morgan fingerprint density at radius 3 is 2.74 bits per heavy atom. The molecule has 3 rings (SSSR count). The van der Waals surface area contributed by atoms with Gasteiger partial charge in [-0.25, -0.2) is 13.4 Å². The molecule has 122 valence electrons. The molecule has 0 fully saturated rings. The molecule has 0 aliphatic carbocycles. The van der Waals surface area contributed by atoms with Gasteiger partial charge >= 0.3 is 0 Å². The largest absolute Gasteiger partial charge is 0.486 e. The van der Waals surface area contributed by atoms with Gasteiger partial charge in [-0.05, 0) is 19.1 Å². The third kappa shape index (κ3) is 3.00. The smallest absolute Gasteiger partial charge is 0.242 e. The summed E-state index contributed by atoms with van der Waals surface area (Å²) in [5.74, 6) is 0.444. The Hall–Kier alpha value is -2.55. The molecule has 0 saturated heterocycles. The zero-order chi connectivity index (χ0) is 16.4. The van der Waals surface area contributed by atoms with Crippen molar-refractivity contribution in [3.63, 3.8) is 0 Å². The molecular formula is C14H15N3O5S. The number of hydrogen-bond acceptors (Lipinski definition) is 6. The lowest BCUT2D eigenvalue weighted by atomic mass is 10.2. The summed E-state index contributed by atoms with van der Waals surface area (Å²) in [5.41, 5.74) is 0.431. The SMILES string of the molecule is C[C@H](C(=O)Nc1ccc2c(c1)OCCO2)S(=O)(=O)c1ncc[nH]1. The van der Waals surface area contributed by atoms with E-state index in [1.165, 1.54) is 19.3 Å². The molecule has 2 N–H and O–H groups in total. The number of sulfone groups is 1. The molecule has 0 saturated carbocycles. The van der Waals surface area contributed by atoms with Crippen molar-refractivity contribution in [1.82, 2.24) is 9.97 Å². The van der Waals surface area contributed by atoms with E-state index in [0.717, 1.165) is 0 Å². The fourth-order valence-corrected chi connectivity index (χ4v) is 3.20. The van der Waals surface area contributed by atoms with Crippen molar-refractivity contribution in [3.8, 4) is 11.5 Å². The maximum absolute atomic E-state index is 12.3. The van der Waals surface area contributed by atoms with Crippen LogP contribution in [0.5, 0.6) is 11.5 Å². The first-order valence-electron chi connectivity index (χ1n) is 6.92. The molecule has 0 bridgehead atoms. The van der Waals surface area contributed by atoms with Crippen LogP contribution in [-0.2, 0) is 14.6 Å². The van der Waals surface area contributed by atoms with Gasteiger partial charge < -0.3 is 19.8 Å². The number of H-pyrrole nitrogens is 1. The summed E-state index contributed by atoms with van der Waals surface area (Å²) >= 11 is 0. The molecule has 8 nitrogen and oxygen atoms in total. The zero-order valence-corrected chi connectivity index (χ0v) is 13.1. The van der Waals surface area contributed by atoms with Crippen molar-refractivity contribution >= 4 is 21.4 Å². The van der Waals surface area contributed by atoms with Crippen LogP contribution in [0.2, 0.25) is 0 Å². The van der Waals surface area contributed by atoms with Gasteiger partial charge in [-0.3, -0.25) is 4.79 Å². The zero-order valence-electron chi connectivity index (χ0n) is 12.3. The Labute approximate surface area is 132 Å². The average Bonchev–Trinajstić information content (AvgIpc) is 3.09. The maximum atomic E-state index is 12.3. The molecule has 1 aliphatic heterocycles. The number of fused-ring (bicyclic) bond motifs is 1. The molecular weight excluding hydrogens is 322 g/mol. The number of benzene rings is 1. The molecule has 1 aliphatic rings. The number of nitrogens with zero attached hydrogens (tertiary/aromatic N) is 1. The summed E-state index contributed by atoms with van der Waals surface area (Å²) in [6, 6.07) is 4.88. The van der Waals surface area contributed by atoms with E-state index in [4.69, 9.17) is 9.47 Å². The van der Waals surface area contributed by atoms with E-state index in [2.05, 4.69) is 15.3 Å². The van der Waals surface area contributed by atoms with Crippen LogP contribution in [0.3, 0.4) is 0 Å². The molecule has 23 heavy (non-hydrogen) atoms. The first-order chi connectivity index (χ1) is 11.0. The lowest BCUT2D eigenvalue weighted by Crippen LogP contribution is -2.33. The predicted octanol–water partition coefficient (Wildman–Crippen LogP) is 0.982. The predicted molar refractivity (Wildman–Crippen MR) is 81.3 cm³/mol. The first-order valence-corrected chi connectivity index (χ1v) is 8.47. The lowest BCUT2D eigenvalue weighted by molar-refractivity contribution is -0.115. The van der Waals surface area contributed by atoms with Gasteiger partial charge in [0.15, 0.2) is 11.5 Å². The van der Waals surface area contributed by atoms with Crippen molar-refractivity contribution < 1.29 is 22.7 Å². The van der Waals surface area contributed by atoms with E-state index in [0.29, 0.717) is 30.4 Å². The highest BCUT2D eigenvalue weighted by Crippen LogP contribution is 2.32. The summed E-state index contributed by atoms with van der Waals surface area (Å²) < 4.78 is 35.3. The topological polar surface area (TPSA) is 110 Å². The fourth-order valence-electron chi connectivity index (χ4n) is 2.08. The summed E-state index contributed by atoms with van der Waals surface area (Å²) in [6.45, 7) is 2.20. The number of ether oxygens (including phenoxy) is 2.